The molecule has 0 saturated carbocycles. The van der Waals surface area contributed by atoms with E-state index in [0.29, 0.717) is 5.56 Å². The van der Waals surface area contributed by atoms with Gasteiger partial charge in [-0.25, -0.2) is 9.59 Å². The minimum absolute atomic E-state index is 0.0652. The van der Waals surface area contributed by atoms with Crippen molar-refractivity contribution in [1.29, 1.82) is 0 Å². The van der Waals surface area contributed by atoms with Crippen LogP contribution in [0, 0.1) is 5.41 Å². The molecule has 6 aromatic rings. The Balaban J connectivity index is 1.13. The van der Waals surface area contributed by atoms with E-state index in [1.807, 2.05) is 62.4 Å². The Morgan fingerprint density at radius 1 is 0.500 bits per heavy atom. The molecule has 0 atom stereocenters. The topological polar surface area (TPSA) is 52.6 Å². The molecule has 336 valence electrons. The van der Waals surface area contributed by atoms with Crippen LogP contribution in [0.3, 0.4) is 0 Å². The van der Waals surface area contributed by atoms with Crippen molar-refractivity contribution >= 4 is 11.9 Å². The molecule has 6 aromatic carbocycles. The van der Waals surface area contributed by atoms with Crippen LogP contribution >= 0.6 is 0 Å². The van der Waals surface area contributed by atoms with Gasteiger partial charge >= 0.3 is 24.3 Å². The largest absolute Gasteiger partial charge is 0.461 e. The van der Waals surface area contributed by atoms with Gasteiger partial charge in [-0.3, -0.25) is 0 Å². The molecule has 0 radical (unpaired) electrons. The quantitative estimate of drug-likeness (QED) is 0.0781. The summed E-state index contributed by atoms with van der Waals surface area (Å²) in [7, 11) is 0. The summed E-state index contributed by atoms with van der Waals surface area (Å²) in [5.74, 6) is -1.31. The maximum absolute atomic E-state index is 13.9. The summed E-state index contributed by atoms with van der Waals surface area (Å²) in [6.45, 7) is 15.3. The number of rotatable bonds is 10. The number of hydrogen-bond donors (Lipinski definition) is 0. The molecular formula is C56H46F6O4. The predicted octanol–water partition coefficient (Wildman–Crippen LogP) is 14.0. The molecular weight excluding hydrogens is 851 g/mol. The van der Waals surface area contributed by atoms with Gasteiger partial charge < -0.3 is 9.47 Å². The predicted molar refractivity (Wildman–Crippen MR) is 245 cm³/mol. The number of ether oxygens (including phenoxy) is 2. The molecule has 0 heterocycles. The molecule has 0 fully saturated rings. The highest BCUT2D eigenvalue weighted by atomic mass is 19.4. The fourth-order valence-electron chi connectivity index (χ4n) is 10.4. The maximum Gasteiger partial charge on any atom is 0.403 e. The van der Waals surface area contributed by atoms with Crippen LogP contribution in [0.4, 0.5) is 26.3 Å². The number of benzene rings is 6. The molecule has 0 N–H and O–H groups in total. The minimum Gasteiger partial charge on any atom is -0.461 e. The van der Waals surface area contributed by atoms with Crippen molar-refractivity contribution in [2.75, 3.05) is 13.2 Å². The first-order valence-electron chi connectivity index (χ1n) is 21.6. The molecule has 4 nitrogen and oxygen atoms in total. The number of halogens is 6. The van der Waals surface area contributed by atoms with E-state index >= 15 is 0 Å². The van der Waals surface area contributed by atoms with Crippen LogP contribution in [0.25, 0.3) is 55.6 Å². The van der Waals surface area contributed by atoms with E-state index in [2.05, 4.69) is 75.5 Å². The SMILES string of the molecule is C=CC(=O)OCC1(COC(=O)C=C)c2cc(-c3ccc4c(c3)C(C)(C)c3ccccc3-4)ccc2-c2ccc(-c3ccc4c(c3)C(C)(C)c3cc(CC(C)(C(F)(F)F)C(F)(F)F)ccc3-4)cc21. The number of hydrogen-bond acceptors (Lipinski definition) is 4. The molecule has 0 amide bonds. The average molecular weight is 897 g/mol. The van der Waals surface area contributed by atoms with Gasteiger partial charge in [0.1, 0.15) is 13.2 Å². The third kappa shape index (κ3) is 6.73. The summed E-state index contributed by atoms with van der Waals surface area (Å²) in [6.07, 6.45) is -10.1. The molecule has 3 aliphatic carbocycles. The van der Waals surface area contributed by atoms with E-state index in [4.69, 9.17) is 9.47 Å². The smallest absolute Gasteiger partial charge is 0.403 e. The molecule has 10 heteroatoms. The van der Waals surface area contributed by atoms with Gasteiger partial charge in [-0.15, -0.1) is 0 Å². The van der Waals surface area contributed by atoms with E-state index in [-0.39, 0.29) is 31.1 Å². The van der Waals surface area contributed by atoms with Crippen molar-refractivity contribution in [2.45, 2.75) is 69.6 Å². The van der Waals surface area contributed by atoms with Gasteiger partial charge in [-0.1, -0.05) is 132 Å². The van der Waals surface area contributed by atoms with Crippen molar-refractivity contribution in [1.82, 2.24) is 0 Å². The summed E-state index contributed by atoms with van der Waals surface area (Å²) in [4.78, 5) is 25.7. The fourth-order valence-corrected chi connectivity index (χ4v) is 10.4. The zero-order valence-corrected chi connectivity index (χ0v) is 37.1. The van der Waals surface area contributed by atoms with Gasteiger partial charge in [0, 0.05) is 23.0 Å². The monoisotopic (exact) mass is 896 g/mol. The molecule has 0 saturated heterocycles. The Morgan fingerprint density at radius 2 is 0.848 bits per heavy atom. The summed E-state index contributed by atoms with van der Waals surface area (Å²) >= 11 is 0. The van der Waals surface area contributed by atoms with Gasteiger partial charge in [-0.2, -0.15) is 26.3 Å². The third-order valence-corrected chi connectivity index (χ3v) is 14.4. The zero-order valence-electron chi connectivity index (χ0n) is 37.1. The highest BCUT2D eigenvalue weighted by molar-refractivity contribution is 5.90. The molecule has 0 aliphatic heterocycles. The Hall–Kier alpha value is -6.68. The van der Waals surface area contributed by atoms with Crippen molar-refractivity contribution in [3.63, 3.8) is 0 Å². The zero-order chi connectivity index (χ0) is 47.4. The molecule has 0 unspecified atom stereocenters. The second-order valence-corrected chi connectivity index (χ2v) is 18.9. The van der Waals surface area contributed by atoms with Crippen molar-refractivity contribution in [2.24, 2.45) is 5.41 Å². The number of fused-ring (bicyclic) bond motifs is 9. The van der Waals surface area contributed by atoms with E-state index in [1.54, 1.807) is 6.07 Å². The van der Waals surface area contributed by atoms with Crippen LogP contribution in [0.1, 0.15) is 73.6 Å². The van der Waals surface area contributed by atoms with E-state index < -0.39 is 47.0 Å². The Labute approximate surface area is 379 Å². The normalized spacial score (nSPS) is 15.7. The number of carbonyl (C=O) groups excluding carboxylic acids is 2. The molecule has 0 spiro atoms. The van der Waals surface area contributed by atoms with Crippen LogP contribution in [-0.2, 0) is 41.7 Å². The highest BCUT2D eigenvalue weighted by Gasteiger charge is 2.67. The lowest BCUT2D eigenvalue weighted by Crippen LogP contribution is -2.49. The lowest BCUT2D eigenvalue weighted by atomic mass is 9.77. The van der Waals surface area contributed by atoms with Gasteiger partial charge in [0.2, 0.25) is 0 Å². The fraction of sp³-hybridized carbons (Fsp3) is 0.250. The first kappa shape index (κ1) is 44.5. The number of alkyl halides is 6. The number of esters is 2. The summed E-state index contributed by atoms with van der Waals surface area (Å²) in [5.41, 5.74) is 8.38. The molecule has 66 heavy (non-hydrogen) atoms. The third-order valence-electron chi connectivity index (χ3n) is 14.4. The van der Waals surface area contributed by atoms with Crippen LogP contribution < -0.4 is 0 Å². The lowest BCUT2D eigenvalue weighted by molar-refractivity contribution is -0.334. The minimum atomic E-state index is -5.51. The summed E-state index contributed by atoms with van der Waals surface area (Å²) in [5, 5.41) is 0. The van der Waals surface area contributed by atoms with Crippen molar-refractivity contribution < 1.29 is 45.4 Å². The van der Waals surface area contributed by atoms with Gasteiger partial charge in [0.25, 0.3) is 0 Å². The highest BCUT2D eigenvalue weighted by Crippen LogP contribution is 2.56. The van der Waals surface area contributed by atoms with E-state index in [9.17, 15) is 35.9 Å². The van der Waals surface area contributed by atoms with Gasteiger partial charge in [0.15, 0.2) is 5.41 Å². The molecule has 3 aliphatic rings. The lowest BCUT2D eigenvalue weighted by Gasteiger charge is -2.34. The van der Waals surface area contributed by atoms with Gasteiger partial charge in [0.05, 0.1) is 5.41 Å². The van der Waals surface area contributed by atoms with Gasteiger partial charge in [-0.05, 0) is 132 Å². The Morgan fingerprint density at radius 3 is 1.27 bits per heavy atom. The van der Waals surface area contributed by atoms with Crippen LogP contribution in [0.2, 0.25) is 0 Å². The van der Waals surface area contributed by atoms with Crippen molar-refractivity contribution in [3.8, 4) is 55.6 Å². The second kappa shape index (κ2) is 15.2. The summed E-state index contributed by atoms with van der Waals surface area (Å²) in [6, 6.07) is 37.3. The van der Waals surface area contributed by atoms with Crippen LogP contribution in [0.15, 0.2) is 141 Å². The summed E-state index contributed by atoms with van der Waals surface area (Å²) < 4.78 is 95.4. The maximum atomic E-state index is 13.9. The second-order valence-electron chi connectivity index (χ2n) is 18.9. The number of carbonyl (C=O) groups is 2. The standard InChI is InChI=1S/C56H46F6O4/c1-8-49(63)65-30-54(31-66-50(64)9-2)47-27-35(33-15-20-39-37-12-10-11-13-43(37)51(3,4)45(39)25-33)17-22-41(47)42-23-18-36(28-48(42)54)34-16-21-40-38-19-14-32(24-44(38)52(5,6)46(40)26-34)29-53(7,55(57,58)59)56(60,61)62/h8-28H,1-2,29-31H2,3-7H3. The van der Waals surface area contributed by atoms with Crippen molar-refractivity contribution in [3.05, 3.63) is 180 Å². The first-order valence-corrected chi connectivity index (χ1v) is 21.6. The van der Waals surface area contributed by atoms with Crippen LogP contribution in [-0.4, -0.2) is 37.5 Å². The van der Waals surface area contributed by atoms with E-state index in [1.165, 1.54) is 34.4 Å². The molecule has 9 rings (SSSR count). The average Bonchev–Trinajstić information content (AvgIpc) is 3.79. The van der Waals surface area contributed by atoms with E-state index in [0.717, 1.165) is 73.4 Å². The van der Waals surface area contributed by atoms with Crippen LogP contribution in [0.5, 0.6) is 0 Å². The first-order chi connectivity index (χ1) is 31.1. The Kier molecular flexibility index (Phi) is 10.2. The molecule has 0 bridgehead atoms. The Bertz CT molecular complexity index is 3000. The molecule has 0 aromatic heterocycles.